The Morgan fingerprint density at radius 1 is 1.08 bits per heavy atom. The van der Waals surface area contributed by atoms with Crippen LogP contribution in [0.15, 0.2) is 60.7 Å². The Balaban J connectivity index is 1.45. The molecule has 1 aliphatic carbocycles. The molecule has 0 spiro atoms. The third kappa shape index (κ3) is 3.58. The second-order valence-corrected chi connectivity index (χ2v) is 6.51. The van der Waals surface area contributed by atoms with Crippen molar-refractivity contribution in [3.05, 3.63) is 71.8 Å². The van der Waals surface area contributed by atoms with Crippen molar-refractivity contribution in [2.75, 3.05) is 6.61 Å². The average Bonchev–Trinajstić information content (AvgIpc) is 3.24. The molecule has 0 radical (unpaired) electrons. The van der Waals surface area contributed by atoms with E-state index in [1.165, 1.54) is 0 Å². The molecule has 1 aliphatic heterocycles. The van der Waals surface area contributed by atoms with Crippen LogP contribution in [0, 0.1) is 5.92 Å². The Hall–Kier alpha value is -2.21. The SMILES string of the molecule is O=C(OC1C(OCc2ccccc2)CC2NOCC21)c1ccccc1. The van der Waals surface area contributed by atoms with Crippen LogP contribution in [0.1, 0.15) is 22.3 Å². The van der Waals surface area contributed by atoms with Crippen molar-refractivity contribution < 1.29 is 19.1 Å². The molecule has 25 heavy (non-hydrogen) atoms. The Morgan fingerprint density at radius 3 is 2.56 bits per heavy atom. The summed E-state index contributed by atoms with van der Waals surface area (Å²) in [7, 11) is 0. The minimum atomic E-state index is -0.313. The third-order valence-corrected chi connectivity index (χ3v) is 4.86. The fourth-order valence-electron chi connectivity index (χ4n) is 3.53. The maximum Gasteiger partial charge on any atom is 0.338 e. The van der Waals surface area contributed by atoms with E-state index >= 15 is 0 Å². The number of fused-ring (bicyclic) bond motifs is 1. The van der Waals surface area contributed by atoms with Gasteiger partial charge < -0.3 is 14.3 Å². The maximum absolute atomic E-state index is 12.5. The topological polar surface area (TPSA) is 56.8 Å². The maximum atomic E-state index is 12.5. The Morgan fingerprint density at radius 2 is 1.80 bits per heavy atom. The molecule has 0 amide bonds. The van der Waals surface area contributed by atoms with Gasteiger partial charge in [0.05, 0.1) is 24.9 Å². The summed E-state index contributed by atoms with van der Waals surface area (Å²) in [5.41, 5.74) is 4.68. The molecule has 1 saturated carbocycles. The van der Waals surface area contributed by atoms with E-state index in [4.69, 9.17) is 14.3 Å². The fraction of sp³-hybridized carbons (Fsp3) is 0.350. The van der Waals surface area contributed by atoms with Gasteiger partial charge in [-0.1, -0.05) is 48.5 Å². The highest BCUT2D eigenvalue weighted by Gasteiger charge is 2.49. The van der Waals surface area contributed by atoms with E-state index in [2.05, 4.69) is 5.48 Å². The number of hydrogen-bond donors (Lipinski definition) is 1. The number of carbonyl (C=O) groups is 1. The number of esters is 1. The summed E-state index contributed by atoms with van der Waals surface area (Å²) in [5, 5.41) is 0. The number of ether oxygens (including phenoxy) is 2. The summed E-state index contributed by atoms with van der Waals surface area (Å²) in [6, 6.07) is 19.2. The van der Waals surface area contributed by atoms with Crippen LogP contribution in [-0.4, -0.2) is 30.8 Å². The van der Waals surface area contributed by atoms with Crippen LogP contribution in [0.3, 0.4) is 0 Å². The van der Waals surface area contributed by atoms with Gasteiger partial charge >= 0.3 is 5.97 Å². The minimum absolute atomic E-state index is 0.119. The number of benzene rings is 2. The monoisotopic (exact) mass is 339 g/mol. The van der Waals surface area contributed by atoms with Gasteiger partial charge in [0.2, 0.25) is 0 Å². The quantitative estimate of drug-likeness (QED) is 0.849. The first-order valence-corrected chi connectivity index (χ1v) is 8.60. The first-order chi connectivity index (χ1) is 12.3. The molecular formula is C20H21NO4. The molecule has 130 valence electrons. The van der Waals surface area contributed by atoms with Gasteiger partial charge in [0, 0.05) is 12.0 Å². The lowest BCUT2D eigenvalue weighted by Crippen LogP contribution is -2.35. The molecule has 2 aromatic carbocycles. The first-order valence-electron chi connectivity index (χ1n) is 8.60. The van der Waals surface area contributed by atoms with Gasteiger partial charge in [-0.05, 0) is 24.1 Å². The Labute approximate surface area is 146 Å². The normalized spacial score (nSPS) is 27.8. The van der Waals surface area contributed by atoms with Gasteiger partial charge in [0.15, 0.2) is 0 Å². The highest BCUT2D eigenvalue weighted by Crippen LogP contribution is 2.35. The Bertz CT molecular complexity index is 706. The molecule has 1 heterocycles. The Kier molecular flexibility index (Phi) is 4.78. The molecule has 5 nitrogen and oxygen atoms in total. The number of rotatable bonds is 5. The van der Waals surface area contributed by atoms with E-state index in [1.807, 2.05) is 48.5 Å². The van der Waals surface area contributed by atoms with Crippen molar-refractivity contribution in [3.8, 4) is 0 Å². The number of hydrogen-bond acceptors (Lipinski definition) is 5. The minimum Gasteiger partial charge on any atom is -0.456 e. The van der Waals surface area contributed by atoms with E-state index in [0.717, 1.165) is 12.0 Å². The van der Waals surface area contributed by atoms with Gasteiger partial charge in [0.25, 0.3) is 0 Å². The largest absolute Gasteiger partial charge is 0.456 e. The van der Waals surface area contributed by atoms with Gasteiger partial charge in [-0.25, -0.2) is 4.79 Å². The van der Waals surface area contributed by atoms with Gasteiger partial charge in [-0.2, -0.15) is 5.48 Å². The number of carbonyl (C=O) groups excluding carboxylic acids is 1. The van der Waals surface area contributed by atoms with E-state index in [1.54, 1.807) is 12.1 Å². The van der Waals surface area contributed by atoms with Gasteiger partial charge in [-0.15, -0.1) is 0 Å². The molecule has 4 unspecified atom stereocenters. The van der Waals surface area contributed by atoms with Crippen LogP contribution in [0.2, 0.25) is 0 Å². The van der Waals surface area contributed by atoms with Crippen LogP contribution in [0.25, 0.3) is 0 Å². The molecule has 5 heteroatoms. The summed E-state index contributed by atoms with van der Waals surface area (Å²) in [5.74, 6) is -0.195. The van der Waals surface area contributed by atoms with Crippen LogP contribution in [-0.2, 0) is 20.9 Å². The van der Waals surface area contributed by atoms with Gasteiger partial charge in [0.1, 0.15) is 6.10 Å². The van der Waals surface area contributed by atoms with Crippen molar-refractivity contribution >= 4 is 5.97 Å². The highest BCUT2D eigenvalue weighted by molar-refractivity contribution is 5.89. The molecule has 1 N–H and O–H groups in total. The molecular weight excluding hydrogens is 318 g/mol. The fourth-order valence-corrected chi connectivity index (χ4v) is 3.53. The van der Waals surface area contributed by atoms with Crippen molar-refractivity contribution in [2.45, 2.75) is 31.3 Å². The predicted molar refractivity (Wildman–Crippen MR) is 91.6 cm³/mol. The molecule has 0 bridgehead atoms. The molecule has 4 rings (SSSR count). The number of nitrogens with one attached hydrogen (secondary N) is 1. The van der Waals surface area contributed by atoms with Crippen LogP contribution in [0.5, 0.6) is 0 Å². The second-order valence-electron chi connectivity index (χ2n) is 6.51. The zero-order valence-electron chi connectivity index (χ0n) is 13.8. The summed E-state index contributed by atoms with van der Waals surface area (Å²) in [6.07, 6.45) is 0.320. The molecule has 0 aromatic heterocycles. The molecule has 4 atom stereocenters. The lowest BCUT2D eigenvalue weighted by Gasteiger charge is -2.24. The summed E-state index contributed by atoms with van der Waals surface area (Å²) in [4.78, 5) is 17.8. The van der Waals surface area contributed by atoms with Gasteiger partial charge in [-0.3, -0.25) is 0 Å². The van der Waals surface area contributed by atoms with Crippen LogP contribution < -0.4 is 5.48 Å². The zero-order valence-corrected chi connectivity index (χ0v) is 13.8. The van der Waals surface area contributed by atoms with E-state index in [0.29, 0.717) is 18.8 Å². The average molecular weight is 339 g/mol. The van der Waals surface area contributed by atoms with E-state index in [9.17, 15) is 4.79 Å². The standard InChI is InChI=1S/C20H21NO4/c22-20(15-9-5-2-6-10-15)25-19-16-13-24-21-17(16)11-18(19)23-12-14-7-3-1-4-8-14/h1-10,16-19,21H,11-13H2. The van der Waals surface area contributed by atoms with E-state index in [-0.39, 0.29) is 30.1 Å². The third-order valence-electron chi connectivity index (χ3n) is 4.86. The first kappa shape index (κ1) is 16.3. The summed E-state index contributed by atoms with van der Waals surface area (Å²) >= 11 is 0. The second kappa shape index (κ2) is 7.35. The molecule has 2 aliphatic rings. The predicted octanol–water partition coefficient (Wildman–Crippen LogP) is 2.72. The van der Waals surface area contributed by atoms with Crippen molar-refractivity contribution in [3.63, 3.8) is 0 Å². The van der Waals surface area contributed by atoms with Crippen LogP contribution >= 0.6 is 0 Å². The number of hydroxylamine groups is 1. The lowest BCUT2D eigenvalue weighted by atomic mass is 10.0. The van der Waals surface area contributed by atoms with Crippen molar-refractivity contribution in [1.29, 1.82) is 0 Å². The molecule has 1 saturated heterocycles. The smallest absolute Gasteiger partial charge is 0.338 e. The van der Waals surface area contributed by atoms with E-state index < -0.39 is 0 Å². The summed E-state index contributed by atoms with van der Waals surface area (Å²) in [6.45, 7) is 1.04. The van der Waals surface area contributed by atoms with Crippen molar-refractivity contribution in [1.82, 2.24) is 5.48 Å². The van der Waals surface area contributed by atoms with Crippen LogP contribution in [0.4, 0.5) is 0 Å². The lowest BCUT2D eigenvalue weighted by molar-refractivity contribution is -0.0655. The molecule has 2 aromatic rings. The highest BCUT2D eigenvalue weighted by atomic mass is 16.7. The van der Waals surface area contributed by atoms with Crippen molar-refractivity contribution in [2.24, 2.45) is 5.92 Å². The zero-order chi connectivity index (χ0) is 17.1. The summed E-state index contributed by atoms with van der Waals surface area (Å²) < 4.78 is 11.9. The molecule has 2 fully saturated rings.